The molecule has 3 atom stereocenters. The predicted molar refractivity (Wildman–Crippen MR) is 140 cm³/mol. The minimum Gasteiger partial charge on any atom is -0.477 e. The van der Waals surface area contributed by atoms with Gasteiger partial charge in [-0.05, 0) is 41.0 Å². The maximum absolute atomic E-state index is 13.9. The summed E-state index contributed by atoms with van der Waals surface area (Å²) in [5.41, 5.74) is 0.379. The second-order valence-corrected chi connectivity index (χ2v) is 11.1. The molecule has 14 heteroatoms. The Hall–Kier alpha value is -3.62. The first-order chi connectivity index (χ1) is 18.7. The molecule has 1 aromatic heterocycles. The van der Waals surface area contributed by atoms with Crippen LogP contribution in [0.4, 0.5) is 14.5 Å². The van der Waals surface area contributed by atoms with Crippen LogP contribution >= 0.6 is 11.3 Å². The number of hydrogen-bond acceptors (Lipinski definition) is 8. The van der Waals surface area contributed by atoms with Crippen LogP contribution < -0.4 is 16.0 Å². The number of hydrogen-bond donors (Lipinski definition) is 7. The van der Waals surface area contributed by atoms with Gasteiger partial charge < -0.3 is 36.4 Å². The van der Waals surface area contributed by atoms with E-state index in [0.29, 0.717) is 11.3 Å². The Morgan fingerprint density at radius 1 is 1.07 bits per heavy atom. The number of alkyl halides is 2. The highest BCUT2D eigenvalue weighted by molar-refractivity contribution is 7.12. The summed E-state index contributed by atoms with van der Waals surface area (Å²) < 4.78 is 26.2. The largest absolute Gasteiger partial charge is 0.477 e. The van der Waals surface area contributed by atoms with Gasteiger partial charge in [0.2, 0.25) is 18.2 Å². The van der Waals surface area contributed by atoms with Crippen LogP contribution in [0.1, 0.15) is 47.5 Å². The average Bonchev–Trinajstić information content (AvgIpc) is 3.47. The molecule has 218 valence electrons. The van der Waals surface area contributed by atoms with Crippen LogP contribution in [0.2, 0.25) is 0 Å². The van der Waals surface area contributed by atoms with Crippen molar-refractivity contribution in [2.75, 3.05) is 5.32 Å². The minimum atomic E-state index is -3.69. The van der Waals surface area contributed by atoms with Crippen LogP contribution in [0.15, 0.2) is 35.7 Å². The zero-order valence-electron chi connectivity index (χ0n) is 21.7. The highest BCUT2D eigenvalue weighted by Gasteiger charge is 2.48. The Bertz CT molecular complexity index is 1240. The number of anilines is 1. The molecule has 11 nitrogen and oxygen atoms in total. The van der Waals surface area contributed by atoms with Gasteiger partial charge in [0.25, 0.3) is 5.79 Å². The van der Waals surface area contributed by atoms with Gasteiger partial charge >= 0.3 is 11.9 Å². The highest BCUT2D eigenvalue weighted by Crippen LogP contribution is 2.36. The molecule has 0 saturated carbocycles. The molecule has 2 aromatic rings. The molecule has 1 aliphatic heterocycles. The van der Waals surface area contributed by atoms with E-state index in [-0.39, 0.29) is 30.1 Å². The van der Waals surface area contributed by atoms with Crippen LogP contribution in [0.25, 0.3) is 0 Å². The molecule has 0 bridgehead atoms. The van der Waals surface area contributed by atoms with E-state index in [9.17, 15) is 43.3 Å². The summed E-state index contributed by atoms with van der Waals surface area (Å²) in [6.45, 7) is 3.46. The molecule has 1 aromatic carbocycles. The summed E-state index contributed by atoms with van der Waals surface area (Å²) >= 11 is 0.999. The van der Waals surface area contributed by atoms with Crippen LogP contribution in [0.3, 0.4) is 0 Å². The summed E-state index contributed by atoms with van der Waals surface area (Å²) in [5.74, 6) is -9.07. The Labute approximate surface area is 232 Å². The smallest absolute Gasteiger partial charge is 0.366 e. The lowest BCUT2D eigenvalue weighted by molar-refractivity contribution is -0.216. The van der Waals surface area contributed by atoms with Crippen LogP contribution in [-0.2, 0) is 27.2 Å². The third-order valence-electron chi connectivity index (χ3n) is 6.61. The molecule has 1 aliphatic rings. The van der Waals surface area contributed by atoms with Gasteiger partial charge in [0.15, 0.2) is 0 Å². The van der Waals surface area contributed by atoms with E-state index in [1.807, 2.05) is 5.32 Å². The summed E-state index contributed by atoms with van der Waals surface area (Å²) in [4.78, 5) is 50.2. The summed E-state index contributed by atoms with van der Waals surface area (Å²) in [6, 6.07) is 5.01. The SMILES string of the molecule is CC(C)C[C@@H](NC(=O)[C@@]1(Cc2ccsc2C(=O)O)Cc2ccccc2N1)C(=O)N[C@H](CC(F)F)C(O)(O)C(=O)O. The van der Waals surface area contributed by atoms with Crippen molar-refractivity contribution in [1.29, 1.82) is 0 Å². The van der Waals surface area contributed by atoms with Crippen LogP contribution in [0.5, 0.6) is 0 Å². The van der Waals surface area contributed by atoms with Crippen molar-refractivity contribution in [3.63, 3.8) is 0 Å². The number of aliphatic carboxylic acids is 1. The van der Waals surface area contributed by atoms with Crippen molar-refractivity contribution in [2.24, 2.45) is 5.92 Å². The zero-order valence-corrected chi connectivity index (χ0v) is 22.5. The van der Waals surface area contributed by atoms with E-state index in [0.717, 1.165) is 16.9 Å². The minimum absolute atomic E-state index is 0.00223. The number of nitrogens with one attached hydrogen (secondary N) is 3. The summed E-state index contributed by atoms with van der Waals surface area (Å²) in [7, 11) is 0. The highest BCUT2D eigenvalue weighted by atomic mass is 32.1. The molecule has 0 aliphatic carbocycles. The number of carbonyl (C=O) groups excluding carboxylic acids is 2. The number of amides is 2. The number of carboxylic acid groups (broad SMARTS) is 2. The molecule has 2 heterocycles. The Balaban J connectivity index is 1.93. The Morgan fingerprint density at radius 3 is 2.33 bits per heavy atom. The van der Waals surface area contributed by atoms with E-state index in [2.05, 4.69) is 10.6 Å². The first-order valence-corrected chi connectivity index (χ1v) is 13.3. The van der Waals surface area contributed by atoms with Gasteiger partial charge in [-0.25, -0.2) is 18.4 Å². The average molecular weight is 584 g/mol. The van der Waals surface area contributed by atoms with E-state index < -0.39 is 60.0 Å². The second-order valence-electron chi connectivity index (χ2n) is 10.2. The standard InChI is InChI=1S/C26H31F2N3O8S/c1-13(2)9-17(21(32)30-18(10-19(27)28)26(38,39)24(36)37)29-23(35)25(11-14-5-3-4-6-16(14)31-25)12-15-7-8-40-20(15)22(33)34/h3-8,13,17-19,31,38-39H,9-12H2,1-2H3,(H,29,35)(H,30,32)(H,33,34)(H,36,37)/t17-,18-,25+/m1/s1. The molecule has 0 spiro atoms. The number of fused-ring (bicyclic) bond motifs is 1. The molecule has 0 saturated heterocycles. The van der Waals surface area contributed by atoms with Gasteiger partial charge in [0.1, 0.15) is 16.5 Å². The van der Waals surface area contributed by atoms with E-state index >= 15 is 0 Å². The molecule has 3 rings (SSSR count). The number of aliphatic hydroxyl groups is 2. The normalized spacial score (nSPS) is 18.1. The van der Waals surface area contributed by atoms with Gasteiger partial charge in [-0.3, -0.25) is 9.59 Å². The van der Waals surface area contributed by atoms with Gasteiger partial charge in [-0.15, -0.1) is 11.3 Å². The summed E-state index contributed by atoms with van der Waals surface area (Å²) in [6.07, 6.45) is -4.47. The third kappa shape index (κ3) is 6.92. The lowest BCUT2D eigenvalue weighted by atomic mass is 9.86. The predicted octanol–water partition coefficient (Wildman–Crippen LogP) is 1.83. The number of para-hydroxylation sites is 1. The van der Waals surface area contributed by atoms with Gasteiger partial charge in [0.05, 0.1) is 6.04 Å². The molecule has 0 fully saturated rings. The van der Waals surface area contributed by atoms with Gasteiger partial charge in [0, 0.05) is 24.9 Å². The number of rotatable bonds is 13. The first kappa shape index (κ1) is 30.9. The second kappa shape index (κ2) is 12.3. The molecule has 0 radical (unpaired) electrons. The number of carboxylic acids is 2. The number of halogens is 2. The van der Waals surface area contributed by atoms with Crippen molar-refractivity contribution in [3.05, 3.63) is 51.7 Å². The Morgan fingerprint density at radius 2 is 1.75 bits per heavy atom. The van der Waals surface area contributed by atoms with Gasteiger partial charge in [-0.1, -0.05) is 32.0 Å². The van der Waals surface area contributed by atoms with Crippen LogP contribution in [0, 0.1) is 5.92 Å². The summed E-state index contributed by atoms with van der Waals surface area (Å²) in [5, 5.41) is 47.8. The van der Waals surface area contributed by atoms with Crippen molar-refractivity contribution in [2.45, 2.75) is 69.4 Å². The van der Waals surface area contributed by atoms with Crippen LogP contribution in [-0.4, -0.2) is 74.0 Å². The maximum atomic E-state index is 13.9. The fourth-order valence-electron chi connectivity index (χ4n) is 4.66. The molecular formula is C26H31F2N3O8S. The first-order valence-electron chi connectivity index (χ1n) is 12.4. The van der Waals surface area contributed by atoms with E-state index in [4.69, 9.17) is 5.11 Å². The lowest BCUT2D eigenvalue weighted by Gasteiger charge is -2.33. The fourth-order valence-corrected chi connectivity index (χ4v) is 5.42. The van der Waals surface area contributed by atoms with E-state index in [1.165, 1.54) is 0 Å². The number of aromatic carboxylic acids is 1. The molecule has 2 amide bonds. The quantitative estimate of drug-likeness (QED) is 0.173. The lowest BCUT2D eigenvalue weighted by Crippen LogP contribution is -2.63. The molecule has 7 N–H and O–H groups in total. The van der Waals surface area contributed by atoms with Crippen molar-refractivity contribution in [3.8, 4) is 0 Å². The van der Waals surface area contributed by atoms with Crippen molar-refractivity contribution in [1.82, 2.24) is 10.6 Å². The molecule has 0 unspecified atom stereocenters. The number of carbonyl (C=O) groups is 4. The maximum Gasteiger partial charge on any atom is 0.366 e. The molecule has 40 heavy (non-hydrogen) atoms. The third-order valence-corrected chi connectivity index (χ3v) is 7.56. The number of thiophene rings is 1. The molecular weight excluding hydrogens is 552 g/mol. The topological polar surface area (TPSA) is 185 Å². The fraction of sp³-hybridized carbons (Fsp3) is 0.462. The Kier molecular flexibility index (Phi) is 9.48. The monoisotopic (exact) mass is 583 g/mol. The van der Waals surface area contributed by atoms with E-state index in [1.54, 1.807) is 49.6 Å². The zero-order chi connectivity index (χ0) is 29.8. The van der Waals surface area contributed by atoms with Crippen molar-refractivity contribution >= 4 is 40.8 Å². The van der Waals surface area contributed by atoms with Crippen molar-refractivity contribution < 1.29 is 48.4 Å². The van der Waals surface area contributed by atoms with Gasteiger partial charge in [-0.2, -0.15) is 0 Å². The number of benzene rings is 1.